The second-order valence-corrected chi connectivity index (χ2v) is 2.00. The van der Waals surface area contributed by atoms with Crippen molar-refractivity contribution in [3.63, 3.8) is 0 Å². The van der Waals surface area contributed by atoms with E-state index in [4.69, 9.17) is 5.11 Å². The second kappa shape index (κ2) is 6.33. The van der Waals surface area contributed by atoms with Gasteiger partial charge >= 0.3 is 0 Å². The third-order valence-corrected chi connectivity index (χ3v) is 1.03. The SMILES string of the molecule is CNN.O=Cc1ccc(O)cc1. The van der Waals surface area contributed by atoms with E-state index in [1.165, 1.54) is 12.1 Å². The molecule has 0 saturated heterocycles. The summed E-state index contributed by atoms with van der Waals surface area (Å²) in [5.74, 6) is 4.78. The minimum atomic E-state index is 0.181. The Bertz CT molecular complexity index is 221. The molecule has 0 saturated carbocycles. The van der Waals surface area contributed by atoms with Crippen LogP contribution in [0.15, 0.2) is 24.3 Å². The maximum absolute atomic E-state index is 10.0. The second-order valence-electron chi connectivity index (χ2n) is 2.00. The van der Waals surface area contributed by atoms with Crippen molar-refractivity contribution in [1.29, 1.82) is 0 Å². The van der Waals surface area contributed by atoms with Gasteiger partial charge in [-0.3, -0.25) is 16.1 Å². The molecule has 0 heterocycles. The summed E-state index contributed by atoms with van der Waals surface area (Å²) < 4.78 is 0. The summed E-state index contributed by atoms with van der Waals surface area (Å²) >= 11 is 0. The lowest BCUT2D eigenvalue weighted by atomic mass is 10.2. The lowest BCUT2D eigenvalue weighted by molar-refractivity contribution is 0.112. The van der Waals surface area contributed by atoms with Gasteiger partial charge in [-0.25, -0.2) is 0 Å². The summed E-state index contributed by atoms with van der Waals surface area (Å²) in [7, 11) is 1.65. The van der Waals surface area contributed by atoms with Gasteiger partial charge in [0.05, 0.1) is 0 Å². The van der Waals surface area contributed by atoms with Gasteiger partial charge in [0.15, 0.2) is 0 Å². The lowest BCUT2D eigenvalue weighted by Gasteiger charge is -1.88. The van der Waals surface area contributed by atoms with E-state index in [9.17, 15) is 4.79 Å². The van der Waals surface area contributed by atoms with Crippen molar-refractivity contribution in [2.45, 2.75) is 0 Å². The molecule has 0 spiro atoms. The molecule has 12 heavy (non-hydrogen) atoms. The number of hydrazine groups is 1. The molecule has 0 radical (unpaired) electrons. The predicted molar refractivity (Wildman–Crippen MR) is 46.7 cm³/mol. The van der Waals surface area contributed by atoms with Gasteiger partial charge in [-0.1, -0.05) is 0 Å². The Hall–Kier alpha value is -1.39. The highest BCUT2D eigenvalue weighted by Crippen LogP contribution is 2.07. The van der Waals surface area contributed by atoms with E-state index < -0.39 is 0 Å². The predicted octanol–water partition coefficient (Wildman–Crippen LogP) is 0.284. The number of hydrogen-bond donors (Lipinski definition) is 3. The number of phenols is 1. The first-order valence-corrected chi connectivity index (χ1v) is 3.36. The molecule has 1 aromatic carbocycles. The van der Waals surface area contributed by atoms with Gasteiger partial charge in [0.25, 0.3) is 0 Å². The number of phenolic OH excluding ortho intramolecular Hbond substituents is 1. The molecule has 4 nitrogen and oxygen atoms in total. The van der Waals surface area contributed by atoms with Crippen LogP contribution in [0.3, 0.4) is 0 Å². The molecule has 0 atom stereocenters. The lowest BCUT2D eigenvalue weighted by Crippen LogP contribution is -2.13. The smallest absolute Gasteiger partial charge is 0.150 e. The van der Waals surface area contributed by atoms with Crippen molar-refractivity contribution in [2.75, 3.05) is 7.05 Å². The Balaban J connectivity index is 0.000000354. The highest BCUT2D eigenvalue weighted by Gasteiger charge is 1.86. The number of nitrogens with two attached hydrogens (primary N) is 1. The number of aromatic hydroxyl groups is 1. The van der Waals surface area contributed by atoms with Gasteiger partial charge in [0.1, 0.15) is 12.0 Å². The van der Waals surface area contributed by atoms with Crippen LogP contribution in [0.1, 0.15) is 10.4 Å². The third-order valence-electron chi connectivity index (χ3n) is 1.03. The van der Waals surface area contributed by atoms with Crippen LogP contribution in [0.5, 0.6) is 5.75 Å². The van der Waals surface area contributed by atoms with Crippen LogP contribution < -0.4 is 11.3 Å². The Labute approximate surface area is 71.0 Å². The van der Waals surface area contributed by atoms with Gasteiger partial charge < -0.3 is 5.11 Å². The molecule has 1 rings (SSSR count). The van der Waals surface area contributed by atoms with Crippen molar-refractivity contribution >= 4 is 6.29 Å². The molecule has 0 aromatic heterocycles. The monoisotopic (exact) mass is 168 g/mol. The van der Waals surface area contributed by atoms with E-state index in [0.717, 1.165) is 6.29 Å². The number of nitrogens with one attached hydrogen (secondary N) is 1. The third kappa shape index (κ3) is 4.43. The molecular weight excluding hydrogens is 156 g/mol. The maximum atomic E-state index is 10.0. The number of carbonyl (C=O) groups is 1. The van der Waals surface area contributed by atoms with E-state index in [-0.39, 0.29) is 5.75 Å². The number of benzene rings is 1. The van der Waals surface area contributed by atoms with Crippen LogP contribution in [-0.2, 0) is 0 Å². The van der Waals surface area contributed by atoms with Crippen molar-refractivity contribution in [1.82, 2.24) is 5.43 Å². The number of hydrogen-bond acceptors (Lipinski definition) is 4. The zero-order valence-electron chi connectivity index (χ0n) is 6.82. The molecule has 0 aliphatic carbocycles. The minimum Gasteiger partial charge on any atom is -0.508 e. The molecule has 4 heteroatoms. The molecule has 0 aliphatic rings. The normalized spacial score (nSPS) is 8.17. The molecule has 0 unspecified atom stereocenters. The van der Waals surface area contributed by atoms with Crippen LogP contribution >= 0.6 is 0 Å². The summed E-state index contributed by atoms with van der Waals surface area (Å²) in [6, 6.07) is 6.07. The largest absolute Gasteiger partial charge is 0.508 e. The van der Waals surface area contributed by atoms with Gasteiger partial charge in [-0.05, 0) is 31.3 Å². The van der Waals surface area contributed by atoms with Crippen LogP contribution in [0.25, 0.3) is 0 Å². The maximum Gasteiger partial charge on any atom is 0.150 e. The molecule has 1 aromatic rings. The molecule has 0 fully saturated rings. The highest BCUT2D eigenvalue weighted by atomic mass is 16.3. The number of carbonyl (C=O) groups excluding carboxylic acids is 1. The van der Waals surface area contributed by atoms with Crippen LogP contribution in [0.2, 0.25) is 0 Å². The van der Waals surface area contributed by atoms with E-state index in [0.29, 0.717) is 5.56 Å². The molecule has 0 amide bonds. The quantitative estimate of drug-likeness (QED) is 0.320. The molecule has 0 aliphatic heterocycles. The molecule has 4 N–H and O–H groups in total. The Kier molecular flexibility index (Phi) is 5.60. The summed E-state index contributed by atoms with van der Waals surface area (Å²) in [6.07, 6.45) is 0.736. The van der Waals surface area contributed by atoms with E-state index in [1.54, 1.807) is 19.2 Å². The zero-order chi connectivity index (χ0) is 9.40. The first-order chi connectivity index (χ1) is 5.74. The summed E-state index contributed by atoms with van der Waals surface area (Å²) in [4.78, 5) is 10.0. The van der Waals surface area contributed by atoms with Gasteiger partial charge in [-0.15, -0.1) is 0 Å². The molecule has 0 bridgehead atoms. The number of aldehydes is 1. The van der Waals surface area contributed by atoms with Crippen molar-refractivity contribution < 1.29 is 9.90 Å². The standard InChI is InChI=1S/C7H6O2.CH6N2/c8-5-6-1-3-7(9)4-2-6;1-3-2/h1-5,9H;3H,2H2,1H3. The number of rotatable bonds is 1. The summed E-state index contributed by atoms with van der Waals surface area (Å²) in [6.45, 7) is 0. The van der Waals surface area contributed by atoms with Crippen LogP contribution in [0, 0.1) is 0 Å². The Morgan fingerprint density at radius 1 is 1.42 bits per heavy atom. The fourth-order valence-electron chi connectivity index (χ4n) is 0.553. The Morgan fingerprint density at radius 3 is 2.17 bits per heavy atom. The van der Waals surface area contributed by atoms with Gasteiger partial charge in [-0.2, -0.15) is 0 Å². The summed E-state index contributed by atoms with van der Waals surface area (Å²) in [5.41, 5.74) is 2.83. The fraction of sp³-hybridized carbons (Fsp3) is 0.125. The fourth-order valence-corrected chi connectivity index (χ4v) is 0.553. The van der Waals surface area contributed by atoms with E-state index in [1.807, 2.05) is 0 Å². The van der Waals surface area contributed by atoms with Crippen LogP contribution in [-0.4, -0.2) is 18.4 Å². The molecule has 66 valence electrons. The van der Waals surface area contributed by atoms with Crippen molar-refractivity contribution in [2.24, 2.45) is 5.84 Å². The van der Waals surface area contributed by atoms with E-state index in [2.05, 4.69) is 11.3 Å². The van der Waals surface area contributed by atoms with Gasteiger partial charge in [0.2, 0.25) is 0 Å². The minimum absolute atomic E-state index is 0.181. The average Bonchev–Trinajstić information content (AvgIpc) is 2.07. The summed E-state index contributed by atoms with van der Waals surface area (Å²) in [5, 5.41) is 8.74. The average molecular weight is 168 g/mol. The van der Waals surface area contributed by atoms with Crippen molar-refractivity contribution in [3.8, 4) is 5.75 Å². The highest BCUT2D eigenvalue weighted by molar-refractivity contribution is 5.74. The van der Waals surface area contributed by atoms with E-state index >= 15 is 0 Å². The first kappa shape index (κ1) is 10.6. The van der Waals surface area contributed by atoms with Gasteiger partial charge in [0, 0.05) is 5.56 Å². The first-order valence-electron chi connectivity index (χ1n) is 3.36. The Morgan fingerprint density at radius 2 is 1.83 bits per heavy atom. The zero-order valence-corrected chi connectivity index (χ0v) is 6.82. The van der Waals surface area contributed by atoms with Crippen LogP contribution in [0.4, 0.5) is 0 Å². The van der Waals surface area contributed by atoms with Crippen molar-refractivity contribution in [3.05, 3.63) is 29.8 Å². The molecular formula is C8H12N2O2. The topological polar surface area (TPSA) is 75.3 Å².